The van der Waals surface area contributed by atoms with Crippen molar-refractivity contribution in [1.82, 2.24) is 10.2 Å². The molecule has 0 atom stereocenters. The Bertz CT molecular complexity index is 482. The van der Waals surface area contributed by atoms with Crippen molar-refractivity contribution in [3.8, 4) is 0 Å². The lowest BCUT2D eigenvalue weighted by Crippen LogP contribution is -2.22. The Morgan fingerprint density at radius 2 is 2.13 bits per heavy atom. The van der Waals surface area contributed by atoms with Crippen LogP contribution in [0.25, 0.3) is 10.9 Å². The topological polar surface area (TPSA) is 54.7 Å². The molecule has 1 aliphatic carbocycles. The summed E-state index contributed by atoms with van der Waals surface area (Å²) in [4.78, 5) is 0. The van der Waals surface area contributed by atoms with Gasteiger partial charge in [-0.2, -0.15) is 5.10 Å². The summed E-state index contributed by atoms with van der Waals surface area (Å²) in [5.74, 6) is 0. The van der Waals surface area contributed by atoms with E-state index in [0.29, 0.717) is 0 Å². The van der Waals surface area contributed by atoms with Crippen molar-refractivity contribution in [2.75, 3.05) is 0 Å². The first-order valence-corrected chi connectivity index (χ1v) is 5.48. The molecule has 3 N–H and O–H groups in total. The number of fused-ring (bicyclic) bond motifs is 1. The molecule has 3 rings (SSSR count). The number of benzene rings is 1. The van der Waals surface area contributed by atoms with Crippen LogP contribution in [0.15, 0.2) is 24.3 Å². The summed E-state index contributed by atoms with van der Waals surface area (Å²) in [6, 6.07) is 8.21. The maximum absolute atomic E-state index is 6.07. The molecule has 3 heteroatoms. The Kier molecular flexibility index (Phi) is 1.83. The van der Waals surface area contributed by atoms with Gasteiger partial charge in [-0.05, 0) is 31.7 Å². The highest BCUT2D eigenvalue weighted by Gasteiger charge is 2.37. The molecular formula is C12H15N3. The zero-order valence-corrected chi connectivity index (χ0v) is 8.66. The van der Waals surface area contributed by atoms with Gasteiger partial charge < -0.3 is 5.73 Å². The van der Waals surface area contributed by atoms with E-state index in [-0.39, 0.29) is 5.54 Å². The first-order chi connectivity index (χ1) is 7.27. The molecule has 1 aromatic heterocycles. The number of rotatable bonds is 3. The van der Waals surface area contributed by atoms with Crippen LogP contribution in [0.5, 0.6) is 0 Å². The third kappa shape index (κ3) is 1.63. The van der Waals surface area contributed by atoms with Crippen LogP contribution in [0.3, 0.4) is 0 Å². The minimum absolute atomic E-state index is 0.131. The Balaban J connectivity index is 1.84. The molecule has 0 amide bonds. The summed E-state index contributed by atoms with van der Waals surface area (Å²) >= 11 is 0. The molecule has 1 aromatic carbocycles. The summed E-state index contributed by atoms with van der Waals surface area (Å²) in [5.41, 5.74) is 8.48. The molecule has 2 aromatic rings. The monoisotopic (exact) mass is 201 g/mol. The lowest BCUT2D eigenvalue weighted by Gasteiger charge is -2.06. The number of hydrogen-bond acceptors (Lipinski definition) is 2. The van der Waals surface area contributed by atoms with Crippen molar-refractivity contribution in [2.24, 2.45) is 5.73 Å². The minimum atomic E-state index is 0.131. The highest BCUT2D eigenvalue weighted by Crippen LogP contribution is 2.36. The van der Waals surface area contributed by atoms with Gasteiger partial charge >= 0.3 is 0 Å². The lowest BCUT2D eigenvalue weighted by atomic mass is 10.1. The van der Waals surface area contributed by atoms with Gasteiger partial charge in [-0.15, -0.1) is 0 Å². The van der Waals surface area contributed by atoms with E-state index < -0.39 is 0 Å². The van der Waals surface area contributed by atoms with Crippen LogP contribution in [-0.4, -0.2) is 15.7 Å². The second-order valence-corrected chi connectivity index (χ2v) is 4.58. The molecule has 78 valence electrons. The fraction of sp³-hybridized carbons (Fsp3) is 0.417. The summed E-state index contributed by atoms with van der Waals surface area (Å²) in [5, 5.41) is 8.62. The van der Waals surface area contributed by atoms with Crippen LogP contribution >= 0.6 is 0 Å². The zero-order chi connectivity index (χ0) is 10.3. The van der Waals surface area contributed by atoms with E-state index in [1.54, 1.807) is 0 Å². The van der Waals surface area contributed by atoms with Crippen LogP contribution in [0.1, 0.15) is 25.0 Å². The van der Waals surface area contributed by atoms with Crippen molar-refractivity contribution in [2.45, 2.75) is 31.2 Å². The largest absolute Gasteiger partial charge is 0.325 e. The van der Waals surface area contributed by atoms with Gasteiger partial charge in [0.15, 0.2) is 0 Å². The third-order valence-electron chi connectivity index (χ3n) is 3.31. The number of aryl methyl sites for hydroxylation is 1. The van der Waals surface area contributed by atoms with Gasteiger partial charge in [0.05, 0.1) is 5.52 Å². The first-order valence-electron chi connectivity index (χ1n) is 5.48. The van der Waals surface area contributed by atoms with Gasteiger partial charge in [0, 0.05) is 16.6 Å². The van der Waals surface area contributed by atoms with Gasteiger partial charge in [0.2, 0.25) is 0 Å². The Morgan fingerprint density at radius 1 is 1.33 bits per heavy atom. The van der Waals surface area contributed by atoms with Gasteiger partial charge in [-0.25, -0.2) is 0 Å². The number of H-pyrrole nitrogens is 1. The maximum Gasteiger partial charge on any atom is 0.0923 e. The molecule has 1 saturated carbocycles. The third-order valence-corrected chi connectivity index (χ3v) is 3.31. The number of aromatic nitrogens is 2. The highest BCUT2D eigenvalue weighted by atomic mass is 15.1. The Hall–Kier alpha value is -1.35. The summed E-state index contributed by atoms with van der Waals surface area (Å²) in [6.07, 6.45) is 4.44. The predicted molar refractivity (Wildman–Crippen MR) is 60.6 cm³/mol. The van der Waals surface area contributed by atoms with Crippen LogP contribution in [0.4, 0.5) is 0 Å². The average Bonchev–Trinajstić information content (AvgIpc) is 2.86. The van der Waals surface area contributed by atoms with Crippen molar-refractivity contribution in [1.29, 1.82) is 0 Å². The van der Waals surface area contributed by atoms with E-state index >= 15 is 0 Å². The van der Waals surface area contributed by atoms with Crippen molar-refractivity contribution < 1.29 is 0 Å². The van der Waals surface area contributed by atoms with Crippen LogP contribution in [0, 0.1) is 0 Å². The van der Waals surface area contributed by atoms with Crippen molar-refractivity contribution in [3.05, 3.63) is 30.0 Å². The quantitative estimate of drug-likeness (QED) is 0.797. The van der Waals surface area contributed by atoms with Crippen molar-refractivity contribution in [3.63, 3.8) is 0 Å². The van der Waals surface area contributed by atoms with Crippen LogP contribution < -0.4 is 5.73 Å². The SMILES string of the molecule is NC1(CCc2[nH]nc3ccccc23)CC1. The van der Waals surface area contributed by atoms with Crippen molar-refractivity contribution >= 4 is 10.9 Å². The number of nitrogens with two attached hydrogens (primary N) is 1. The van der Waals surface area contributed by atoms with E-state index in [0.717, 1.165) is 18.4 Å². The minimum Gasteiger partial charge on any atom is -0.325 e. The summed E-state index contributed by atoms with van der Waals surface area (Å²) in [6.45, 7) is 0. The molecule has 0 radical (unpaired) electrons. The number of nitrogens with zero attached hydrogens (tertiary/aromatic N) is 1. The molecule has 0 spiro atoms. The number of nitrogens with one attached hydrogen (secondary N) is 1. The summed E-state index contributed by atoms with van der Waals surface area (Å²) < 4.78 is 0. The first kappa shape index (κ1) is 8.92. The van der Waals surface area contributed by atoms with E-state index in [4.69, 9.17) is 5.73 Å². The van der Waals surface area contributed by atoms with Crippen LogP contribution in [0.2, 0.25) is 0 Å². The second kappa shape index (κ2) is 3.07. The Labute approximate surface area is 88.7 Å². The molecule has 0 unspecified atom stereocenters. The van der Waals surface area contributed by atoms with E-state index in [2.05, 4.69) is 22.3 Å². The van der Waals surface area contributed by atoms with Gasteiger partial charge in [0.1, 0.15) is 0 Å². The standard InChI is InChI=1S/C12H15N3/c13-12(7-8-12)6-5-11-9-3-1-2-4-10(9)14-15-11/h1-4H,5-8,13H2,(H,14,15). The molecule has 15 heavy (non-hydrogen) atoms. The highest BCUT2D eigenvalue weighted by molar-refractivity contribution is 5.81. The number of aromatic amines is 1. The van der Waals surface area contributed by atoms with Gasteiger partial charge in [-0.3, -0.25) is 5.10 Å². The predicted octanol–water partition coefficient (Wildman–Crippen LogP) is 1.99. The molecule has 0 aliphatic heterocycles. The molecule has 0 saturated heterocycles. The molecule has 0 bridgehead atoms. The van der Waals surface area contributed by atoms with E-state index in [1.165, 1.54) is 23.9 Å². The average molecular weight is 201 g/mol. The molecule has 1 fully saturated rings. The van der Waals surface area contributed by atoms with E-state index in [1.807, 2.05) is 12.1 Å². The molecule has 1 aliphatic rings. The van der Waals surface area contributed by atoms with Gasteiger partial charge in [0.25, 0.3) is 0 Å². The smallest absolute Gasteiger partial charge is 0.0923 e. The molecule has 1 heterocycles. The lowest BCUT2D eigenvalue weighted by molar-refractivity contribution is 0.604. The number of para-hydroxylation sites is 1. The molecule has 3 nitrogen and oxygen atoms in total. The molecular weight excluding hydrogens is 186 g/mol. The zero-order valence-electron chi connectivity index (χ0n) is 8.66. The fourth-order valence-electron chi connectivity index (χ4n) is 1.99. The number of hydrogen-bond donors (Lipinski definition) is 2. The second-order valence-electron chi connectivity index (χ2n) is 4.58. The Morgan fingerprint density at radius 3 is 2.93 bits per heavy atom. The maximum atomic E-state index is 6.07. The summed E-state index contributed by atoms with van der Waals surface area (Å²) in [7, 11) is 0. The van der Waals surface area contributed by atoms with Gasteiger partial charge in [-0.1, -0.05) is 18.2 Å². The normalized spacial score (nSPS) is 18.2. The van der Waals surface area contributed by atoms with E-state index in [9.17, 15) is 0 Å². The van der Waals surface area contributed by atoms with Crippen LogP contribution in [-0.2, 0) is 6.42 Å². The fourth-order valence-corrected chi connectivity index (χ4v) is 1.99.